The van der Waals surface area contributed by atoms with E-state index < -0.39 is 15.8 Å². The van der Waals surface area contributed by atoms with Crippen LogP contribution in [0.15, 0.2) is 200 Å². The number of hydrogen-bond acceptors (Lipinski definition) is 0. The molecule has 0 bridgehead atoms. The third-order valence-corrected chi connectivity index (χ3v) is 18.5. The fourth-order valence-electron chi connectivity index (χ4n) is 8.18. The minimum atomic E-state index is -0.807. The predicted octanol–water partition coefficient (Wildman–Crippen LogP) is 11.6. The Morgan fingerprint density at radius 3 is 1.34 bits per heavy atom. The minimum absolute atomic E-state index is 0. The summed E-state index contributed by atoms with van der Waals surface area (Å²) in [7, 11) is -1.52. The summed E-state index contributed by atoms with van der Waals surface area (Å²) in [6.45, 7) is 0. The van der Waals surface area contributed by atoms with Crippen LogP contribution in [0.2, 0.25) is 0 Å². The molecule has 2 atom stereocenters. The van der Waals surface area contributed by atoms with Gasteiger partial charge >= 0.3 is 44.8 Å². The first-order valence-corrected chi connectivity index (χ1v) is 23.2. The maximum Gasteiger partial charge on any atom is 1.00 e. The zero-order chi connectivity index (χ0) is 38.8. The molecule has 0 N–H and O–H groups in total. The van der Waals surface area contributed by atoms with Crippen LogP contribution in [-0.4, -0.2) is 11.6 Å². The Bertz CT molecular complexity index is 2470. The monoisotopic (exact) mass is 1070 g/mol. The molecule has 3 aliphatic rings. The summed E-state index contributed by atoms with van der Waals surface area (Å²) in [6.07, 6.45) is 26.7. The van der Waals surface area contributed by atoms with E-state index in [0.29, 0.717) is 5.66 Å². The van der Waals surface area contributed by atoms with Crippen LogP contribution in [0.5, 0.6) is 0 Å². The van der Waals surface area contributed by atoms with Gasteiger partial charge in [0.1, 0.15) is 18.5 Å². The van der Waals surface area contributed by atoms with Gasteiger partial charge in [-0.3, -0.25) is 11.8 Å². The second-order valence-corrected chi connectivity index (χ2v) is 20.5. The fourth-order valence-corrected chi connectivity index (χ4v) is 16.5. The van der Waals surface area contributed by atoms with E-state index in [0.717, 1.165) is 24.0 Å². The van der Waals surface area contributed by atoms with Crippen LogP contribution in [0.4, 0.5) is 0 Å². The standard InChI is InChI=1S/C25H24P2.2C15H9.Ag.Au/c1-5-13-22(14-6-1)26(23-15-7-2-8-16-23)21-27(24-17-9-3-10-18-24)25-19-11-4-12-20-25;2*1-2-11-7-8-13-10-12-5-3-4-6-14(12)15(13)9-11;;/h1-19,25H,20-21H2;2*3-9H,10H2;;/q;2*-1;2*+1/p+2. The van der Waals surface area contributed by atoms with Crippen LogP contribution in [0.3, 0.4) is 0 Å². The van der Waals surface area contributed by atoms with Crippen LogP contribution in [-0.2, 0) is 57.6 Å². The number of allylic oxidation sites excluding steroid dienone is 4. The maximum atomic E-state index is 7.14. The van der Waals surface area contributed by atoms with Crippen LogP contribution in [0.1, 0.15) is 39.8 Å². The molecular weight excluding hydrogens is 1030 g/mol. The van der Waals surface area contributed by atoms with Gasteiger partial charge in [0.05, 0.1) is 18.9 Å². The van der Waals surface area contributed by atoms with E-state index in [9.17, 15) is 0 Å². The van der Waals surface area contributed by atoms with Crippen molar-refractivity contribution in [1.29, 1.82) is 0 Å². The molecule has 3 aliphatic carbocycles. The van der Waals surface area contributed by atoms with E-state index in [2.05, 4.69) is 188 Å². The third-order valence-electron chi connectivity index (χ3n) is 11.1. The van der Waals surface area contributed by atoms with Gasteiger partial charge in [-0.1, -0.05) is 133 Å². The first-order valence-electron chi connectivity index (χ1n) is 19.7. The van der Waals surface area contributed by atoms with E-state index >= 15 is 0 Å². The Morgan fingerprint density at radius 1 is 0.475 bits per heavy atom. The first kappa shape index (κ1) is 44.0. The average Bonchev–Trinajstić information content (AvgIpc) is 3.86. The molecule has 0 aromatic heterocycles. The molecular formula is C55H44AgAuP2+2. The normalized spacial score (nSPS) is 13.8. The van der Waals surface area contributed by atoms with Crippen molar-refractivity contribution in [2.75, 3.05) is 5.90 Å². The fraction of sp³-hybridized carbons (Fsp3) is 0.0909. The van der Waals surface area contributed by atoms with Gasteiger partial charge in [0, 0.05) is 6.42 Å². The molecule has 0 fully saturated rings. The molecule has 0 heterocycles. The van der Waals surface area contributed by atoms with Crippen LogP contribution in [0.25, 0.3) is 22.3 Å². The Morgan fingerprint density at radius 2 is 0.898 bits per heavy atom. The van der Waals surface area contributed by atoms with Crippen LogP contribution in [0, 0.1) is 24.7 Å². The second-order valence-electron chi connectivity index (χ2n) is 14.6. The molecule has 0 amide bonds. The summed E-state index contributed by atoms with van der Waals surface area (Å²) >= 11 is 0. The van der Waals surface area contributed by atoms with Gasteiger partial charge in [-0.15, -0.1) is 35.4 Å². The van der Waals surface area contributed by atoms with Crippen molar-refractivity contribution in [2.24, 2.45) is 0 Å². The smallest absolute Gasteiger partial charge is 0.366 e. The molecule has 7 aromatic rings. The third kappa shape index (κ3) is 10.6. The molecule has 0 nitrogen and oxygen atoms in total. The number of fused-ring (bicyclic) bond motifs is 6. The molecule has 7 aromatic carbocycles. The van der Waals surface area contributed by atoms with E-state index in [1.54, 1.807) is 5.30 Å². The molecule has 0 spiro atoms. The summed E-state index contributed by atoms with van der Waals surface area (Å²) in [4.78, 5) is 0. The van der Waals surface area contributed by atoms with E-state index in [1.165, 1.54) is 67.4 Å². The summed E-state index contributed by atoms with van der Waals surface area (Å²) < 4.78 is 0. The molecule has 0 radical (unpaired) electrons. The number of rotatable bonds is 6. The van der Waals surface area contributed by atoms with E-state index in [4.69, 9.17) is 12.8 Å². The van der Waals surface area contributed by atoms with Crippen molar-refractivity contribution in [3.05, 3.63) is 246 Å². The Balaban J connectivity index is 0.000000156. The van der Waals surface area contributed by atoms with Gasteiger partial charge in [-0.25, -0.2) is 0 Å². The van der Waals surface area contributed by atoms with Crippen molar-refractivity contribution in [1.82, 2.24) is 0 Å². The van der Waals surface area contributed by atoms with Crippen molar-refractivity contribution < 1.29 is 44.8 Å². The van der Waals surface area contributed by atoms with Crippen molar-refractivity contribution in [3.63, 3.8) is 0 Å². The average molecular weight is 1070 g/mol. The molecule has 10 rings (SSSR count). The van der Waals surface area contributed by atoms with Gasteiger partial charge in [0.25, 0.3) is 0 Å². The van der Waals surface area contributed by atoms with Crippen LogP contribution >= 0.6 is 15.8 Å². The van der Waals surface area contributed by atoms with Crippen molar-refractivity contribution in [3.8, 4) is 34.1 Å². The Kier molecular flexibility index (Phi) is 16.2. The molecule has 59 heavy (non-hydrogen) atoms. The van der Waals surface area contributed by atoms with Crippen molar-refractivity contribution >= 4 is 31.8 Å². The summed E-state index contributed by atoms with van der Waals surface area (Å²) in [5.41, 5.74) is 13.0. The zero-order valence-corrected chi connectivity index (χ0v) is 38.2. The molecule has 2 unspecified atom stereocenters. The largest absolute Gasteiger partial charge is 1.00 e. The van der Waals surface area contributed by atoms with Gasteiger partial charge < -0.3 is 12.8 Å². The second kappa shape index (κ2) is 21.7. The Labute approximate surface area is 384 Å². The molecule has 294 valence electrons. The Hall–Kier alpha value is -4.52. The van der Waals surface area contributed by atoms with Crippen LogP contribution < -0.4 is 15.9 Å². The van der Waals surface area contributed by atoms with Gasteiger partial charge in [0.15, 0.2) is 5.90 Å². The van der Waals surface area contributed by atoms with E-state index in [-0.39, 0.29) is 44.8 Å². The summed E-state index contributed by atoms with van der Waals surface area (Å²) in [5.74, 6) is 6.19. The first-order chi connectivity index (χ1) is 28.2. The molecule has 4 heteroatoms. The predicted molar refractivity (Wildman–Crippen MR) is 248 cm³/mol. The molecule has 0 saturated heterocycles. The topological polar surface area (TPSA) is 0 Å². The minimum Gasteiger partial charge on any atom is -0.366 e. The van der Waals surface area contributed by atoms with Gasteiger partial charge in [-0.05, 0) is 99.8 Å². The molecule has 0 aliphatic heterocycles. The SMILES string of the molecule is C1=CCC([PH+](C[PH+](c2ccccc2)c2ccccc2)c2ccccc2)C=C1.[Ag+].[Au+].[C-]#Cc1ccc2c(c1)-c1ccccc1C2.[C-]#Cc1ccc2c(c1)-c1ccccc1C2. The van der Waals surface area contributed by atoms with Crippen molar-refractivity contribution in [2.45, 2.75) is 24.9 Å². The number of hydrogen-bond donors (Lipinski definition) is 0. The van der Waals surface area contributed by atoms with Gasteiger partial charge in [0.2, 0.25) is 0 Å². The maximum absolute atomic E-state index is 7.14. The summed E-state index contributed by atoms with van der Waals surface area (Å²) in [6, 6.07) is 62.8. The van der Waals surface area contributed by atoms with Gasteiger partial charge in [-0.2, -0.15) is 0 Å². The zero-order valence-electron chi connectivity index (χ0n) is 32.6. The molecule has 0 saturated carbocycles. The number of benzene rings is 7. The quantitative estimate of drug-likeness (QED) is 0.0674. The summed E-state index contributed by atoms with van der Waals surface area (Å²) in [5, 5.41) is 4.63. The van der Waals surface area contributed by atoms with E-state index in [1.807, 2.05) is 24.3 Å².